The second kappa shape index (κ2) is 7.56. The van der Waals surface area contributed by atoms with Crippen molar-refractivity contribution in [3.05, 3.63) is 72.4 Å². The molecule has 0 atom stereocenters. The number of nitrogens with zero attached hydrogens (tertiary/aromatic N) is 1. The molecule has 4 heteroatoms. The molecule has 1 aliphatic rings. The third kappa shape index (κ3) is 3.85. The first-order valence-corrected chi connectivity index (χ1v) is 9.15. The van der Waals surface area contributed by atoms with Gasteiger partial charge in [-0.3, -0.25) is 4.79 Å². The molecule has 0 unspecified atom stereocenters. The number of benzene rings is 2. The standard InChI is InChI=1S/C22H22N2O2/c25-22(18-9-8-16-5-1-2-6-17(16)15-18)24-19-10-12-20(13-11-19)26-21-7-3-4-14-23-21/h1-9,14-15,19-20H,10-13H2,(H,24,25). The number of amides is 1. The Balaban J connectivity index is 1.32. The molecular formula is C22H22N2O2. The van der Waals surface area contributed by atoms with Crippen LogP contribution in [0.4, 0.5) is 0 Å². The van der Waals surface area contributed by atoms with Crippen LogP contribution in [-0.4, -0.2) is 23.0 Å². The second-order valence-electron chi connectivity index (χ2n) is 6.79. The largest absolute Gasteiger partial charge is 0.474 e. The molecule has 1 N–H and O–H groups in total. The Hall–Kier alpha value is -2.88. The Morgan fingerprint density at radius 2 is 1.69 bits per heavy atom. The van der Waals surface area contributed by atoms with Gasteiger partial charge in [0.1, 0.15) is 6.10 Å². The lowest BCUT2D eigenvalue weighted by molar-refractivity contribution is 0.0890. The number of hydrogen-bond donors (Lipinski definition) is 1. The predicted octanol–water partition coefficient (Wildman–Crippen LogP) is 4.35. The third-order valence-electron chi connectivity index (χ3n) is 4.95. The minimum atomic E-state index is 0.00449. The fourth-order valence-corrected chi connectivity index (χ4v) is 3.51. The Kier molecular flexibility index (Phi) is 4.82. The van der Waals surface area contributed by atoms with E-state index in [4.69, 9.17) is 4.74 Å². The second-order valence-corrected chi connectivity index (χ2v) is 6.79. The topological polar surface area (TPSA) is 51.2 Å². The van der Waals surface area contributed by atoms with Crippen molar-refractivity contribution in [3.63, 3.8) is 0 Å². The molecule has 1 heterocycles. The van der Waals surface area contributed by atoms with Gasteiger partial charge in [0.25, 0.3) is 5.91 Å². The fraction of sp³-hybridized carbons (Fsp3) is 0.273. The Bertz CT molecular complexity index is 887. The maximum atomic E-state index is 12.6. The molecule has 0 radical (unpaired) electrons. The summed E-state index contributed by atoms with van der Waals surface area (Å²) in [6.07, 6.45) is 5.63. The first-order valence-electron chi connectivity index (χ1n) is 9.15. The maximum absolute atomic E-state index is 12.6. The van der Waals surface area contributed by atoms with E-state index in [-0.39, 0.29) is 18.1 Å². The van der Waals surface area contributed by atoms with Gasteiger partial charge in [0.05, 0.1) is 0 Å². The van der Waals surface area contributed by atoms with Crippen molar-refractivity contribution in [2.75, 3.05) is 0 Å². The van der Waals surface area contributed by atoms with E-state index < -0.39 is 0 Å². The van der Waals surface area contributed by atoms with E-state index in [1.165, 1.54) is 0 Å². The molecule has 0 aliphatic heterocycles. The summed E-state index contributed by atoms with van der Waals surface area (Å²) in [5.74, 6) is 0.681. The molecule has 4 nitrogen and oxygen atoms in total. The monoisotopic (exact) mass is 346 g/mol. The average Bonchev–Trinajstić information content (AvgIpc) is 2.70. The molecule has 1 fully saturated rings. The van der Waals surface area contributed by atoms with Crippen molar-refractivity contribution in [2.45, 2.75) is 37.8 Å². The SMILES string of the molecule is O=C(NC1CCC(Oc2ccccn2)CC1)c1ccc2ccccc2c1. The molecule has 26 heavy (non-hydrogen) atoms. The lowest BCUT2D eigenvalue weighted by Crippen LogP contribution is -2.39. The summed E-state index contributed by atoms with van der Waals surface area (Å²) in [5, 5.41) is 5.41. The summed E-state index contributed by atoms with van der Waals surface area (Å²) < 4.78 is 5.92. The highest BCUT2D eigenvalue weighted by Gasteiger charge is 2.24. The molecule has 1 aliphatic carbocycles. The molecule has 132 valence electrons. The van der Waals surface area contributed by atoms with Crippen LogP contribution in [-0.2, 0) is 0 Å². The summed E-state index contributed by atoms with van der Waals surface area (Å²) in [4.78, 5) is 16.8. The van der Waals surface area contributed by atoms with Crippen molar-refractivity contribution in [1.29, 1.82) is 0 Å². The molecule has 0 bridgehead atoms. The molecular weight excluding hydrogens is 324 g/mol. The summed E-state index contributed by atoms with van der Waals surface area (Å²) >= 11 is 0. The van der Waals surface area contributed by atoms with E-state index in [1.54, 1.807) is 6.20 Å². The van der Waals surface area contributed by atoms with Gasteiger partial charge >= 0.3 is 0 Å². The van der Waals surface area contributed by atoms with Crippen molar-refractivity contribution >= 4 is 16.7 Å². The number of carbonyl (C=O) groups excluding carboxylic acids is 1. The van der Waals surface area contributed by atoms with Crippen molar-refractivity contribution in [2.24, 2.45) is 0 Å². The number of rotatable bonds is 4. The van der Waals surface area contributed by atoms with E-state index in [9.17, 15) is 4.79 Å². The number of hydrogen-bond acceptors (Lipinski definition) is 3. The summed E-state index contributed by atoms with van der Waals surface area (Å²) in [7, 11) is 0. The normalized spacial score (nSPS) is 19.8. The number of nitrogens with one attached hydrogen (secondary N) is 1. The summed E-state index contributed by atoms with van der Waals surface area (Å²) in [6, 6.07) is 19.8. The Morgan fingerprint density at radius 1 is 0.923 bits per heavy atom. The predicted molar refractivity (Wildman–Crippen MR) is 102 cm³/mol. The smallest absolute Gasteiger partial charge is 0.251 e. The van der Waals surface area contributed by atoms with Gasteiger partial charge in [-0.05, 0) is 54.7 Å². The molecule has 0 spiro atoms. The summed E-state index contributed by atoms with van der Waals surface area (Å²) in [5.41, 5.74) is 0.718. The van der Waals surface area contributed by atoms with Crippen LogP contribution in [0.1, 0.15) is 36.0 Å². The van der Waals surface area contributed by atoms with Gasteiger partial charge in [0.2, 0.25) is 5.88 Å². The van der Waals surface area contributed by atoms with Crippen LogP contribution in [0.25, 0.3) is 10.8 Å². The highest BCUT2D eigenvalue weighted by Crippen LogP contribution is 2.23. The lowest BCUT2D eigenvalue weighted by Gasteiger charge is -2.29. The lowest BCUT2D eigenvalue weighted by atomic mass is 9.92. The fourth-order valence-electron chi connectivity index (χ4n) is 3.51. The first kappa shape index (κ1) is 16.6. The molecule has 1 aromatic heterocycles. The Morgan fingerprint density at radius 3 is 2.46 bits per heavy atom. The third-order valence-corrected chi connectivity index (χ3v) is 4.95. The van der Waals surface area contributed by atoms with Crippen molar-refractivity contribution in [1.82, 2.24) is 10.3 Å². The van der Waals surface area contributed by atoms with Crippen LogP contribution in [0, 0.1) is 0 Å². The van der Waals surface area contributed by atoms with Gasteiger partial charge in [-0.1, -0.05) is 36.4 Å². The van der Waals surface area contributed by atoms with E-state index in [0.717, 1.165) is 42.0 Å². The van der Waals surface area contributed by atoms with Gasteiger partial charge in [-0.25, -0.2) is 4.98 Å². The maximum Gasteiger partial charge on any atom is 0.251 e. The Labute approximate surface area is 153 Å². The van der Waals surface area contributed by atoms with Gasteiger partial charge in [0, 0.05) is 23.9 Å². The van der Waals surface area contributed by atoms with E-state index >= 15 is 0 Å². The number of ether oxygens (including phenoxy) is 1. The molecule has 3 aromatic rings. The minimum Gasteiger partial charge on any atom is -0.474 e. The molecule has 4 rings (SSSR count). The van der Waals surface area contributed by atoms with Crippen molar-refractivity contribution < 1.29 is 9.53 Å². The molecule has 1 amide bonds. The zero-order chi connectivity index (χ0) is 17.8. The minimum absolute atomic E-state index is 0.00449. The molecule has 0 saturated heterocycles. The van der Waals surface area contributed by atoms with Crippen LogP contribution >= 0.6 is 0 Å². The highest BCUT2D eigenvalue weighted by molar-refractivity contribution is 5.98. The first-order chi connectivity index (χ1) is 12.8. The van der Waals surface area contributed by atoms with E-state index in [2.05, 4.69) is 16.4 Å². The number of pyridine rings is 1. The van der Waals surface area contributed by atoms with Crippen LogP contribution in [0.2, 0.25) is 0 Å². The average molecular weight is 346 g/mol. The van der Waals surface area contributed by atoms with E-state index in [1.807, 2.05) is 54.6 Å². The zero-order valence-corrected chi connectivity index (χ0v) is 14.6. The zero-order valence-electron chi connectivity index (χ0n) is 14.6. The highest BCUT2D eigenvalue weighted by atomic mass is 16.5. The van der Waals surface area contributed by atoms with Crippen LogP contribution in [0.3, 0.4) is 0 Å². The molecule has 1 saturated carbocycles. The van der Waals surface area contributed by atoms with Crippen LogP contribution in [0.15, 0.2) is 66.9 Å². The number of fused-ring (bicyclic) bond motifs is 1. The number of aromatic nitrogens is 1. The van der Waals surface area contributed by atoms with E-state index in [0.29, 0.717) is 5.88 Å². The summed E-state index contributed by atoms with van der Waals surface area (Å²) in [6.45, 7) is 0. The van der Waals surface area contributed by atoms with Gasteiger partial charge in [0.15, 0.2) is 0 Å². The van der Waals surface area contributed by atoms with Gasteiger partial charge in [-0.15, -0.1) is 0 Å². The van der Waals surface area contributed by atoms with Crippen LogP contribution in [0.5, 0.6) is 5.88 Å². The van der Waals surface area contributed by atoms with Gasteiger partial charge in [-0.2, -0.15) is 0 Å². The molecule has 2 aromatic carbocycles. The quantitative estimate of drug-likeness (QED) is 0.764. The van der Waals surface area contributed by atoms with Crippen molar-refractivity contribution in [3.8, 4) is 5.88 Å². The van der Waals surface area contributed by atoms with Gasteiger partial charge < -0.3 is 10.1 Å². The van der Waals surface area contributed by atoms with Crippen LogP contribution < -0.4 is 10.1 Å². The number of carbonyl (C=O) groups is 1.